The predicted molar refractivity (Wildman–Crippen MR) is 104 cm³/mol. The van der Waals surface area contributed by atoms with E-state index in [0.29, 0.717) is 5.56 Å². The van der Waals surface area contributed by atoms with Crippen LogP contribution in [0.3, 0.4) is 0 Å². The number of benzene rings is 1. The molecular formula is C19H15N3O8S. The SMILES string of the molecule is C=C1CS(=O)[C@@H]2C(N3C(=O)C=CC3=O)C(=O)N2C1C(=O)OCc1ccc([N+](=O)[O-])cc1. The molecular weight excluding hydrogens is 430 g/mol. The third-order valence-electron chi connectivity index (χ3n) is 5.19. The van der Waals surface area contributed by atoms with Crippen LogP contribution in [-0.2, 0) is 41.3 Å². The highest BCUT2D eigenvalue weighted by molar-refractivity contribution is 7.86. The van der Waals surface area contributed by atoms with Gasteiger partial charge in [0.05, 0.1) is 15.7 Å². The van der Waals surface area contributed by atoms with Gasteiger partial charge in [-0.3, -0.25) is 33.6 Å². The van der Waals surface area contributed by atoms with E-state index in [1.54, 1.807) is 0 Å². The van der Waals surface area contributed by atoms with Gasteiger partial charge in [0.2, 0.25) is 0 Å². The zero-order chi connectivity index (χ0) is 22.4. The third-order valence-corrected chi connectivity index (χ3v) is 6.87. The average molecular weight is 445 g/mol. The number of imide groups is 1. The van der Waals surface area contributed by atoms with Crippen LogP contribution in [0, 0.1) is 10.1 Å². The van der Waals surface area contributed by atoms with E-state index >= 15 is 0 Å². The van der Waals surface area contributed by atoms with E-state index < -0.39 is 56.9 Å². The number of rotatable bonds is 5. The Morgan fingerprint density at radius 2 is 1.81 bits per heavy atom. The average Bonchev–Trinajstić information content (AvgIpc) is 3.05. The van der Waals surface area contributed by atoms with Crippen molar-refractivity contribution in [1.29, 1.82) is 0 Å². The molecule has 0 aliphatic carbocycles. The molecule has 0 radical (unpaired) electrons. The molecule has 3 amide bonds. The summed E-state index contributed by atoms with van der Waals surface area (Å²) < 4.78 is 17.9. The summed E-state index contributed by atoms with van der Waals surface area (Å²) >= 11 is 0. The lowest BCUT2D eigenvalue weighted by Gasteiger charge is -2.53. The first-order valence-electron chi connectivity index (χ1n) is 9.03. The van der Waals surface area contributed by atoms with E-state index in [-0.39, 0.29) is 23.6 Å². The van der Waals surface area contributed by atoms with E-state index in [4.69, 9.17) is 4.74 Å². The first-order chi connectivity index (χ1) is 14.7. The number of carbonyl (C=O) groups is 4. The van der Waals surface area contributed by atoms with Gasteiger partial charge >= 0.3 is 5.97 Å². The summed E-state index contributed by atoms with van der Waals surface area (Å²) in [6.45, 7) is 3.53. The Hall–Kier alpha value is -3.67. The number of amides is 3. The fraction of sp³-hybridized carbons (Fsp3) is 0.263. The molecule has 3 heterocycles. The lowest BCUT2D eigenvalue weighted by Crippen LogP contribution is -2.78. The molecule has 4 atom stereocenters. The number of nitro groups is 1. The first kappa shape index (κ1) is 20.6. The van der Waals surface area contributed by atoms with Crippen LogP contribution in [0.25, 0.3) is 0 Å². The maximum Gasteiger partial charge on any atom is 0.333 e. The van der Waals surface area contributed by atoms with Crippen LogP contribution < -0.4 is 0 Å². The van der Waals surface area contributed by atoms with Crippen molar-refractivity contribution in [1.82, 2.24) is 9.80 Å². The van der Waals surface area contributed by atoms with Gasteiger partial charge in [-0.25, -0.2) is 4.79 Å². The fourth-order valence-corrected chi connectivity index (χ4v) is 5.41. The largest absolute Gasteiger partial charge is 0.459 e. The van der Waals surface area contributed by atoms with Gasteiger partial charge in [-0.2, -0.15) is 0 Å². The Kier molecular flexibility index (Phi) is 5.01. The van der Waals surface area contributed by atoms with Crippen LogP contribution in [-0.4, -0.2) is 65.8 Å². The minimum Gasteiger partial charge on any atom is -0.459 e. The first-order valence-corrected chi connectivity index (χ1v) is 10.4. The molecule has 1 aromatic rings. The highest BCUT2D eigenvalue weighted by Crippen LogP contribution is 2.38. The molecule has 4 rings (SSSR count). The number of hydrogen-bond donors (Lipinski definition) is 0. The van der Waals surface area contributed by atoms with Gasteiger partial charge in [0, 0.05) is 30.0 Å². The molecule has 2 fully saturated rings. The lowest BCUT2D eigenvalue weighted by molar-refractivity contribution is -0.384. The fourth-order valence-electron chi connectivity index (χ4n) is 3.71. The van der Waals surface area contributed by atoms with Crippen LogP contribution in [0.1, 0.15) is 5.56 Å². The Balaban J connectivity index is 1.49. The molecule has 3 aliphatic rings. The zero-order valence-electron chi connectivity index (χ0n) is 15.8. The highest BCUT2D eigenvalue weighted by atomic mass is 32.2. The second-order valence-electron chi connectivity index (χ2n) is 7.08. The number of hydrogen-bond acceptors (Lipinski definition) is 8. The van der Waals surface area contributed by atoms with Crippen molar-refractivity contribution in [3.63, 3.8) is 0 Å². The topological polar surface area (TPSA) is 144 Å². The highest BCUT2D eigenvalue weighted by Gasteiger charge is 2.62. The summed E-state index contributed by atoms with van der Waals surface area (Å²) in [5.41, 5.74) is 0.596. The molecule has 0 bridgehead atoms. The number of β-lactam (4-membered cyclic amide) rings is 1. The van der Waals surface area contributed by atoms with Gasteiger partial charge in [-0.05, 0) is 23.3 Å². The maximum atomic E-state index is 12.8. The van der Waals surface area contributed by atoms with E-state index in [1.165, 1.54) is 24.3 Å². The molecule has 31 heavy (non-hydrogen) atoms. The summed E-state index contributed by atoms with van der Waals surface area (Å²) in [5, 5.41) is 9.69. The van der Waals surface area contributed by atoms with Gasteiger partial charge in [0.25, 0.3) is 23.4 Å². The van der Waals surface area contributed by atoms with Crippen molar-refractivity contribution < 1.29 is 33.0 Å². The van der Waals surface area contributed by atoms with Crippen molar-refractivity contribution >= 4 is 40.2 Å². The number of fused-ring (bicyclic) bond motifs is 1. The second-order valence-corrected chi connectivity index (χ2v) is 8.61. The van der Waals surface area contributed by atoms with E-state index in [9.17, 15) is 33.5 Å². The summed E-state index contributed by atoms with van der Waals surface area (Å²) in [4.78, 5) is 61.3. The van der Waals surface area contributed by atoms with Gasteiger partial charge in [0.1, 0.15) is 12.0 Å². The number of carbonyl (C=O) groups excluding carboxylic acids is 4. The second kappa shape index (κ2) is 7.54. The van der Waals surface area contributed by atoms with Gasteiger partial charge in [-0.15, -0.1) is 0 Å². The summed E-state index contributed by atoms with van der Waals surface area (Å²) in [7, 11) is -1.66. The van der Waals surface area contributed by atoms with Crippen LogP contribution in [0.5, 0.6) is 0 Å². The Morgan fingerprint density at radius 1 is 1.19 bits per heavy atom. The van der Waals surface area contributed by atoms with Gasteiger partial charge < -0.3 is 9.64 Å². The van der Waals surface area contributed by atoms with Gasteiger partial charge in [-0.1, -0.05) is 6.58 Å². The predicted octanol–water partition coefficient (Wildman–Crippen LogP) is -0.213. The molecule has 3 unspecified atom stereocenters. The third kappa shape index (κ3) is 3.34. The van der Waals surface area contributed by atoms with Crippen molar-refractivity contribution in [2.75, 3.05) is 5.75 Å². The smallest absolute Gasteiger partial charge is 0.333 e. The van der Waals surface area contributed by atoms with E-state index in [0.717, 1.165) is 22.0 Å². The van der Waals surface area contributed by atoms with E-state index in [1.807, 2.05) is 0 Å². The molecule has 160 valence electrons. The number of nitro benzene ring substituents is 1. The monoisotopic (exact) mass is 445 g/mol. The minimum atomic E-state index is -1.66. The lowest BCUT2D eigenvalue weighted by atomic mass is 9.97. The molecule has 0 spiro atoms. The molecule has 12 heteroatoms. The minimum absolute atomic E-state index is 0.0914. The Morgan fingerprint density at radius 3 is 2.39 bits per heavy atom. The molecule has 0 N–H and O–H groups in total. The zero-order valence-corrected chi connectivity index (χ0v) is 16.6. The van der Waals surface area contributed by atoms with Crippen LogP contribution in [0.2, 0.25) is 0 Å². The maximum absolute atomic E-state index is 12.8. The normalized spacial score (nSPS) is 27.2. The molecule has 1 aromatic carbocycles. The van der Waals surface area contributed by atoms with E-state index in [2.05, 4.69) is 6.58 Å². The van der Waals surface area contributed by atoms with Crippen LogP contribution >= 0.6 is 0 Å². The molecule has 2 saturated heterocycles. The number of ether oxygens (including phenoxy) is 1. The van der Waals surface area contributed by atoms with Crippen molar-refractivity contribution in [2.45, 2.75) is 24.1 Å². The molecule has 3 aliphatic heterocycles. The van der Waals surface area contributed by atoms with Crippen molar-refractivity contribution in [3.05, 3.63) is 64.2 Å². The molecule has 0 aromatic heterocycles. The summed E-state index contributed by atoms with van der Waals surface area (Å²) in [5.74, 6) is -2.95. The number of esters is 1. The summed E-state index contributed by atoms with van der Waals surface area (Å²) in [6, 6.07) is 2.95. The van der Waals surface area contributed by atoms with Crippen LogP contribution in [0.15, 0.2) is 48.6 Å². The van der Waals surface area contributed by atoms with Crippen molar-refractivity contribution in [2.24, 2.45) is 0 Å². The standard InChI is InChI=1S/C19H15N3O8S/c1-10-9-31(29)18-16(20-13(23)6-7-14(20)24)17(25)21(18)15(10)19(26)30-8-11-2-4-12(5-3-11)22(27)28/h2-7,15-16,18H,1,8-9H2/t15?,16?,18-,31?/m1/s1. The number of non-ortho nitro benzene ring substituents is 1. The Bertz CT molecular complexity index is 1080. The molecule has 11 nitrogen and oxygen atoms in total. The Labute approximate surface area is 177 Å². The van der Waals surface area contributed by atoms with Gasteiger partial charge in [0.15, 0.2) is 12.1 Å². The quantitative estimate of drug-likeness (QED) is 0.151. The molecule has 0 saturated carbocycles. The summed E-state index contributed by atoms with van der Waals surface area (Å²) in [6.07, 6.45) is 2.05. The number of nitrogens with zero attached hydrogens (tertiary/aromatic N) is 3. The van der Waals surface area contributed by atoms with Crippen molar-refractivity contribution in [3.8, 4) is 0 Å². The van der Waals surface area contributed by atoms with Crippen LogP contribution in [0.4, 0.5) is 5.69 Å².